The Bertz CT molecular complexity index is 775. The summed E-state index contributed by atoms with van der Waals surface area (Å²) in [6.45, 7) is 1.43. The van der Waals surface area contributed by atoms with E-state index in [1.165, 1.54) is 16.0 Å². The van der Waals surface area contributed by atoms with Gasteiger partial charge in [-0.15, -0.1) is 0 Å². The number of hydrogen-bond donors (Lipinski definition) is 0. The maximum Gasteiger partial charge on any atom is 0.234 e. The molecule has 0 unspecified atom stereocenters. The molecule has 0 bridgehead atoms. The highest BCUT2D eigenvalue weighted by Crippen LogP contribution is 2.39. The molecule has 0 spiro atoms. The summed E-state index contributed by atoms with van der Waals surface area (Å²) < 4.78 is 0. The molecule has 4 heteroatoms. The predicted molar refractivity (Wildman–Crippen MR) is 95.5 cm³/mol. The summed E-state index contributed by atoms with van der Waals surface area (Å²) in [6.07, 6.45) is 0.793. The van der Waals surface area contributed by atoms with E-state index in [9.17, 15) is 9.59 Å². The molecule has 128 valence electrons. The maximum atomic E-state index is 12.7. The van der Waals surface area contributed by atoms with Crippen LogP contribution in [0.2, 0.25) is 0 Å². The number of fused-ring (bicyclic) bond motifs is 1. The largest absolute Gasteiger partial charge is 0.294 e. The molecule has 2 aromatic carbocycles. The normalized spacial score (nSPS) is 26.3. The molecule has 0 radical (unpaired) electrons. The minimum atomic E-state index is -0.221. The Kier molecular flexibility index (Phi) is 4.14. The van der Waals surface area contributed by atoms with E-state index in [2.05, 4.69) is 29.2 Å². The third-order valence-corrected chi connectivity index (χ3v) is 5.53. The van der Waals surface area contributed by atoms with Crippen LogP contribution in [0.1, 0.15) is 11.1 Å². The summed E-state index contributed by atoms with van der Waals surface area (Å²) >= 11 is 0. The molecule has 0 aromatic heterocycles. The van der Waals surface area contributed by atoms with Crippen LogP contribution in [-0.4, -0.2) is 41.2 Å². The van der Waals surface area contributed by atoms with Gasteiger partial charge in [-0.05, 0) is 17.5 Å². The van der Waals surface area contributed by atoms with Crippen LogP contribution in [0.5, 0.6) is 0 Å². The maximum absolute atomic E-state index is 12.7. The van der Waals surface area contributed by atoms with Crippen molar-refractivity contribution in [2.75, 3.05) is 13.6 Å². The highest BCUT2D eigenvalue weighted by Gasteiger charge is 2.55. The molecule has 0 N–H and O–H groups in total. The monoisotopic (exact) mass is 334 g/mol. The Morgan fingerprint density at radius 1 is 0.880 bits per heavy atom. The van der Waals surface area contributed by atoms with Crippen molar-refractivity contribution in [3.8, 4) is 0 Å². The number of hydrogen-bond acceptors (Lipinski definition) is 3. The molecule has 4 nitrogen and oxygen atoms in total. The standard InChI is InChI=1S/C21H22N2O2/c1-22-20(24)17-14-23(13-16-10-6-3-7-11-16)18(19(17)21(22)25)12-15-8-4-2-5-9-15/h2-11,17-19H,12-14H2,1H3/t17-,18+,19+/m1/s1. The fourth-order valence-electron chi connectivity index (χ4n) is 4.26. The fraction of sp³-hybridized carbons (Fsp3) is 0.333. The highest BCUT2D eigenvalue weighted by molar-refractivity contribution is 6.05. The van der Waals surface area contributed by atoms with Crippen LogP contribution >= 0.6 is 0 Å². The minimum Gasteiger partial charge on any atom is -0.294 e. The summed E-state index contributed by atoms with van der Waals surface area (Å²) in [7, 11) is 1.62. The molecule has 2 heterocycles. The second kappa shape index (κ2) is 6.45. The molecule has 2 saturated heterocycles. The molecule has 2 aromatic rings. The number of rotatable bonds is 4. The molecule has 4 rings (SSSR count). The van der Waals surface area contributed by atoms with Gasteiger partial charge < -0.3 is 0 Å². The molecule has 0 saturated carbocycles. The van der Waals surface area contributed by atoms with E-state index in [-0.39, 0.29) is 29.7 Å². The van der Waals surface area contributed by atoms with E-state index >= 15 is 0 Å². The van der Waals surface area contributed by atoms with Crippen molar-refractivity contribution < 1.29 is 9.59 Å². The average molecular weight is 334 g/mol. The Morgan fingerprint density at radius 3 is 2.12 bits per heavy atom. The smallest absolute Gasteiger partial charge is 0.234 e. The van der Waals surface area contributed by atoms with Gasteiger partial charge in [-0.25, -0.2) is 0 Å². The molecule has 0 aliphatic carbocycles. The Balaban J connectivity index is 1.63. The van der Waals surface area contributed by atoms with Crippen molar-refractivity contribution in [2.45, 2.75) is 19.0 Å². The van der Waals surface area contributed by atoms with E-state index in [0.29, 0.717) is 6.54 Å². The third kappa shape index (κ3) is 2.87. The SMILES string of the molecule is CN1C(=O)[C@H]2[C@@H](CN(Cc3ccccc3)[C@H]2Cc2ccccc2)C1=O. The zero-order valence-electron chi connectivity index (χ0n) is 14.3. The van der Waals surface area contributed by atoms with Gasteiger partial charge >= 0.3 is 0 Å². The van der Waals surface area contributed by atoms with Crippen LogP contribution in [0.15, 0.2) is 60.7 Å². The van der Waals surface area contributed by atoms with Crippen molar-refractivity contribution >= 4 is 11.8 Å². The molecular weight excluding hydrogens is 312 g/mol. The zero-order chi connectivity index (χ0) is 17.4. The number of likely N-dealkylation sites (tertiary alicyclic amines) is 2. The van der Waals surface area contributed by atoms with Gasteiger partial charge in [0.25, 0.3) is 0 Å². The summed E-state index contributed by atoms with van der Waals surface area (Å²) in [5.41, 5.74) is 2.43. The van der Waals surface area contributed by atoms with Gasteiger partial charge in [0.2, 0.25) is 11.8 Å². The molecular formula is C21H22N2O2. The van der Waals surface area contributed by atoms with E-state index in [1.54, 1.807) is 7.05 Å². The van der Waals surface area contributed by atoms with E-state index in [4.69, 9.17) is 0 Å². The lowest BCUT2D eigenvalue weighted by Crippen LogP contribution is -2.40. The lowest BCUT2D eigenvalue weighted by atomic mass is 9.89. The first kappa shape index (κ1) is 16.0. The van der Waals surface area contributed by atoms with Gasteiger partial charge in [-0.2, -0.15) is 0 Å². The fourth-order valence-corrected chi connectivity index (χ4v) is 4.26. The highest BCUT2D eigenvalue weighted by atomic mass is 16.2. The molecule has 25 heavy (non-hydrogen) atoms. The van der Waals surface area contributed by atoms with Gasteiger partial charge in [0.15, 0.2) is 0 Å². The van der Waals surface area contributed by atoms with Crippen LogP contribution in [0, 0.1) is 11.8 Å². The average Bonchev–Trinajstić information content (AvgIpc) is 3.08. The van der Waals surface area contributed by atoms with E-state index < -0.39 is 0 Å². The lowest BCUT2D eigenvalue weighted by Gasteiger charge is -2.28. The number of benzene rings is 2. The van der Waals surface area contributed by atoms with Crippen molar-refractivity contribution in [3.05, 3.63) is 71.8 Å². The minimum absolute atomic E-state index is 0.0218. The van der Waals surface area contributed by atoms with Gasteiger partial charge in [0.05, 0.1) is 11.8 Å². The number of amides is 2. The predicted octanol–water partition coefficient (Wildman–Crippen LogP) is 2.34. The van der Waals surface area contributed by atoms with E-state index in [1.807, 2.05) is 36.4 Å². The Morgan fingerprint density at radius 2 is 1.48 bits per heavy atom. The van der Waals surface area contributed by atoms with Gasteiger partial charge in [0, 0.05) is 26.2 Å². The van der Waals surface area contributed by atoms with Gasteiger partial charge in [0.1, 0.15) is 0 Å². The molecule has 2 aliphatic rings. The summed E-state index contributed by atoms with van der Waals surface area (Å²) in [4.78, 5) is 28.8. The van der Waals surface area contributed by atoms with Crippen LogP contribution in [0.4, 0.5) is 0 Å². The topological polar surface area (TPSA) is 40.6 Å². The Hall–Kier alpha value is -2.46. The quantitative estimate of drug-likeness (QED) is 0.806. The summed E-state index contributed by atoms with van der Waals surface area (Å²) in [5, 5.41) is 0. The Labute approximate surface area is 148 Å². The van der Waals surface area contributed by atoms with Crippen molar-refractivity contribution in [3.63, 3.8) is 0 Å². The van der Waals surface area contributed by atoms with Gasteiger partial charge in [-0.3, -0.25) is 19.4 Å². The van der Waals surface area contributed by atoms with Crippen molar-refractivity contribution in [2.24, 2.45) is 11.8 Å². The molecule has 2 aliphatic heterocycles. The second-order valence-corrected chi connectivity index (χ2v) is 7.04. The van der Waals surface area contributed by atoms with Gasteiger partial charge in [-0.1, -0.05) is 60.7 Å². The van der Waals surface area contributed by atoms with Crippen LogP contribution in [0.3, 0.4) is 0 Å². The number of carbonyl (C=O) groups is 2. The molecule has 2 amide bonds. The first-order valence-corrected chi connectivity index (χ1v) is 8.78. The van der Waals surface area contributed by atoms with Crippen molar-refractivity contribution in [1.29, 1.82) is 0 Å². The van der Waals surface area contributed by atoms with Crippen LogP contribution in [0.25, 0.3) is 0 Å². The summed E-state index contributed by atoms with van der Waals surface area (Å²) in [5.74, 6) is -0.466. The second-order valence-electron chi connectivity index (χ2n) is 7.04. The molecule has 3 atom stereocenters. The zero-order valence-corrected chi connectivity index (χ0v) is 14.3. The number of nitrogens with zero attached hydrogens (tertiary/aromatic N) is 2. The third-order valence-electron chi connectivity index (χ3n) is 5.53. The first-order valence-electron chi connectivity index (χ1n) is 8.78. The summed E-state index contributed by atoms with van der Waals surface area (Å²) in [6, 6.07) is 20.6. The molecule has 2 fully saturated rings. The lowest BCUT2D eigenvalue weighted by molar-refractivity contribution is -0.139. The van der Waals surface area contributed by atoms with Crippen LogP contribution in [-0.2, 0) is 22.6 Å². The number of carbonyl (C=O) groups excluding carboxylic acids is 2. The van der Waals surface area contributed by atoms with E-state index in [0.717, 1.165) is 13.0 Å². The van der Waals surface area contributed by atoms with Crippen LogP contribution < -0.4 is 0 Å². The van der Waals surface area contributed by atoms with Crippen molar-refractivity contribution in [1.82, 2.24) is 9.80 Å². The number of imide groups is 1. The first-order chi connectivity index (χ1) is 12.1.